The van der Waals surface area contributed by atoms with Gasteiger partial charge in [-0.15, -0.1) is 0 Å². The van der Waals surface area contributed by atoms with Crippen molar-refractivity contribution in [2.45, 2.75) is 0 Å². The quantitative estimate of drug-likeness (QED) is 0.578. The van der Waals surface area contributed by atoms with Crippen LogP contribution in [-0.4, -0.2) is 74.4 Å². The molecule has 0 atom stereocenters. The monoisotopic (exact) mass is 404 g/mol. The number of rotatable bonds is 5. The third-order valence-electron chi connectivity index (χ3n) is 2.34. The molecule has 0 bridgehead atoms. The van der Waals surface area contributed by atoms with Gasteiger partial charge >= 0.3 is 130 Å². The Bertz CT molecular complexity index is 524. The van der Waals surface area contributed by atoms with E-state index in [1.807, 2.05) is 62.5 Å². The number of hydrogen-bond acceptors (Lipinski definition) is 6. The molecule has 6 nitrogen and oxygen atoms in total. The van der Waals surface area contributed by atoms with Gasteiger partial charge in [-0.25, -0.2) is 0 Å². The average Bonchev–Trinajstić information content (AvgIpc) is 2.45. The molecular formula is C12H16N6Se2. The van der Waals surface area contributed by atoms with Crippen LogP contribution in [0, 0.1) is 0 Å². The minimum atomic E-state index is 0.198. The molecule has 20 heavy (non-hydrogen) atoms. The molecule has 0 saturated heterocycles. The van der Waals surface area contributed by atoms with Gasteiger partial charge in [0, 0.05) is 0 Å². The van der Waals surface area contributed by atoms with E-state index in [0.717, 1.165) is 21.1 Å². The zero-order chi connectivity index (χ0) is 14.5. The third kappa shape index (κ3) is 4.15. The summed E-state index contributed by atoms with van der Waals surface area (Å²) in [6, 6.07) is 3.82. The predicted octanol–water partition coefficient (Wildman–Crippen LogP) is -1.33. The molecule has 2 heterocycles. The van der Waals surface area contributed by atoms with Gasteiger partial charge in [-0.2, -0.15) is 0 Å². The van der Waals surface area contributed by atoms with Gasteiger partial charge in [-0.3, -0.25) is 0 Å². The van der Waals surface area contributed by atoms with Crippen LogP contribution in [0.4, 0.5) is 11.6 Å². The molecule has 0 aliphatic rings. The van der Waals surface area contributed by atoms with Crippen LogP contribution in [0.3, 0.4) is 0 Å². The first-order valence-electron chi connectivity index (χ1n) is 5.91. The fraction of sp³-hybridized carbons (Fsp3) is 0.333. The molecule has 2 aromatic rings. The van der Waals surface area contributed by atoms with E-state index in [-0.39, 0.29) is 26.3 Å². The fourth-order valence-corrected chi connectivity index (χ4v) is 5.99. The molecular weight excluding hydrogens is 386 g/mol. The molecule has 0 aliphatic carbocycles. The van der Waals surface area contributed by atoms with Crippen molar-refractivity contribution < 1.29 is 0 Å². The number of anilines is 2. The Morgan fingerprint density at radius 3 is 1.50 bits per heavy atom. The number of nitrogens with zero attached hydrogens (tertiary/aromatic N) is 6. The molecule has 8 heteroatoms. The van der Waals surface area contributed by atoms with Crippen molar-refractivity contribution in [3.63, 3.8) is 0 Å². The van der Waals surface area contributed by atoms with E-state index in [1.54, 1.807) is 0 Å². The van der Waals surface area contributed by atoms with Crippen molar-refractivity contribution in [2.24, 2.45) is 0 Å². The van der Waals surface area contributed by atoms with Gasteiger partial charge in [-0.1, -0.05) is 0 Å². The molecule has 0 saturated carbocycles. The van der Waals surface area contributed by atoms with Gasteiger partial charge in [0.05, 0.1) is 0 Å². The summed E-state index contributed by atoms with van der Waals surface area (Å²) in [5.41, 5.74) is 0. The first kappa shape index (κ1) is 15.2. The van der Waals surface area contributed by atoms with Crippen LogP contribution in [0.5, 0.6) is 0 Å². The van der Waals surface area contributed by atoms with Crippen molar-refractivity contribution in [3.8, 4) is 0 Å². The summed E-state index contributed by atoms with van der Waals surface area (Å²) < 4.78 is 1.81. The topological polar surface area (TPSA) is 58.0 Å². The zero-order valence-electron chi connectivity index (χ0n) is 11.8. The standard InChI is InChI=1S/C12H16N6Se2/c1-17(2)9-5-7-13-11(15-9)19-20-12-14-8-6-10(16-12)18(3)4/h5-8H,1-4H3. The van der Waals surface area contributed by atoms with E-state index in [4.69, 9.17) is 0 Å². The molecule has 0 fully saturated rings. The maximum absolute atomic E-state index is 4.54. The average molecular weight is 402 g/mol. The van der Waals surface area contributed by atoms with E-state index in [0.29, 0.717) is 0 Å². The summed E-state index contributed by atoms with van der Waals surface area (Å²) in [5, 5.41) is 0. The third-order valence-corrected chi connectivity index (χ3v) is 8.13. The van der Waals surface area contributed by atoms with E-state index < -0.39 is 0 Å². The maximum atomic E-state index is 4.54. The summed E-state index contributed by atoms with van der Waals surface area (Å²) in [7, 11) is 7.92. The second kappa shape index (κ2) is 6.99. The fourth-order valence-electron chi connectivity index (χ4n) is 1.32. The summed E-state index contributed by atoms with van der Waals surface area (Å²) in [5.74, 6) is 1.88. The van der Waals surface area contributed by atoms with Gasteiger partial charge in [0.2, 0.25) is 0 Å². The number of aromatic nitrogens is 4. The molecule has 2 rings (SSSR count). The normalized spacial score (nSPS) is 10.4. The van der Waals surface area contributed by atoms with Crippen LogP contribution >= 0.6 is 0 Å². The predicted molar refractivity (Wildman–Crippen MR) is 83.5 cm³/mol. The molecule has 2 aromatic heterocycles. The van der Waals surface area contributed by atoms with Gasteiger partial charge in [-0.05, 0) is 0 Å². The first-order valence-corrected chi connectivity index (χ1v) is 12.0. The van der Waals surface area contributed by atoms with E-state index >= 15 is 0 Å². The molecule has 0 aromatic carbocycles. The zero-order valence-corrected chi connectivity index (χ0v) is 15.2. The Morgan fingerprint density at radius 2 is 1.15 bits per heavy atom. The first-order chi connectivity index (χ1) is 9.56. The van der Waals surface area contributed by atoms with Crippen molar-refractivity contribution in [1.29, 1.82) is 0 Å². The van der Waals surface area contributed by atoms with Crippen molar-refractivity contribution in [3.05, 3.63) is 24.5 Å². The minimum absolute atomic E-state index is 0.198. The molecule has 0 amide bonds. The van der Waals surface area contributed by atoms with Crippen LogP contribution in [0.15, 0.2) is 24.5 Å². The second-order valence-corrected chi connectivity index (χ2v) is 10.2. The van der Waals surface area contributed by atoms with Gasteiger partial charge < -0.3 is 0 Å². The Labute approximate surface area is 129 Å². The second-order valence-electron chi connectivity index (χ2n) is 4.35. The molecule has 0 unspecified atom stereocenters. The van der Waals surface area contributed by atoms with Crippen LogP contribution in [0.2, 0.25) is 0 Å². The van der Waals surface area contributed by atoms with Crippen molar-refractivity contribution in [2.75, 3.05) is 38.0 Å². The van der Waals surface area contributed by atoms with E-state index in [9.17, 15) is 0 Å². The molecule has 0 radical (unpaired) electrons. The molecule has 0 spiro atoms. The van der Waals surface area contributed by atoms with E-state index in [2.05, 4.69) is 19.9 Å². The molecule has 0 aliphatic heterocycles. The number of hydrogen-bond donors (Lipinski definition) is 0. The Kier molecular flexibility index (Phi) is 5.31. The Morgan fingerprint density at radius 1 is 0.750 bits per heavy atom. The van der Waals surface area contributed by atoms with Crippen molar-refractivity contribution >= 4 is 47.3 Å². The van der Waals surface area contributed by atoms with Gasteiger partial charge in [0.25, 0.3) is 0 Å². The van der Waals surface area contributed by atoms with Gasteiger partial charge in [0.15, 0.2) is 0 Å². The summed E-state index contributed by atoms with van der Waals surface area (Å²) in [4.78, 5) is 21.7. The Balaban J connectivity index is 2.05. The molecule has 106 valence electrons. The van der Waals surface area contributed by atoms with Crippen molar-refractivity contribution in [1.82, 2.24) is 19.9 Å². The summed E-state index contributed by atoms with van der Waals surface area (Å²) >= 11 is 0.397. The van der Waals surface area contributed by atoms with Crippen LogP contribution < -0.4 is 19.2 Å². The van der Waals surface area contributed by atoms with E-state index in [1.165, 1.54) is 0 Å². The van der Waals surface area contributed by atoms with Crippen LogP contribution in [0.25, 0.3) is 0 Å². The summed E-state index contributed by atoms with van der Waals surface area (Å²) in [6.07, 6.45) is 3.62. The summed E-state index contributed by atoms with van der Waals surface area (Å²) in [6.45, 7) is 0. The van der Waals surface area contributed by atoms with Gasteiger partial charge in [0.1, 0.15) is 0 Å². The Hall–Kier alpha value is -1.20. The van der Waals surface area contributed by atoms with Crippen LogP contribution in [0.1, 0.15) is 0 Å². The molecule has 0 N–H and O–H groups in total. The van der Waals surface area contributed by atoms with Crippen LogP contribution in [-0.2, 0) is 0 Å². The SMILES string of the molecule is CN(C)c1ccnc([Se][Se]c2nccc(N(C)C)n2)n1.